The summed E-state index contributed by atoms with van der Waals surface area (Å²) in [6.45, 7) is 3.66. The summed E-state index contributed by atoms with van der Waals surface area (Å²) in [4.78, 5) is 10.5. The summed E-state index contributed by atoms with van der Waals surface area (Å²) >= 11 is 0. The molecule has 0 aliphatic carbocycles. The summed E-state index contributed by atoms with van der Waals surface area (Å²) in [6, 6.07) is 5.15. The Labute approximate surface area is 84.8 Å². The highest BCUT2D eigenvalue weighted by Gasteiger charge is 1.99. The minimum absolute atomic E-state index is 0.282. The molecule has 0 aliphatic rings. The number of hydrogen-bond acceptors (Lipinski definition) is 2. The number of nitrogens with two attached hydrogens (primary N) is 1. The highest BCUT2D eigenvalue weighted by atomic mass is 16.4. The van der Waals surface area contributed by atoms with Crippen molar-refractivity contribution in [2.24, 2.45) is 0 Å². The van der Waals surface area contributed by atoms with Crippen molar-refractivity contribution in [1.29, 1.82) is 0 Å². The van der Waals surface area contributed by atoms with Crippen LogP contribution in [0.1, 0.15) is 21.5 Å². The molecule has 0 atom stereocenters. The van der Waals surface area contributed by atoms with Crippen molar-refractivity contribution in [3.63, 3.8) is 0 Å². The van der Waals surface area contributed by atoms with Gasteiger partial charge in [0.05, 0.1) is 20.1 Å². The zero-order valence-corrected chi connectivity index (χ0v) is 9.13. The van der Waals surface area contributed by atoms with Gasteiger partial charge in [0.2, 0.25) is 0 Å². The number of hydrogen-bond donors (Lipinski definition) is 1. The molecule has 78 valence electrons. The fraction of sp³-hybridized carbons (Fsp3) is 0.364. The lowest BCUT2D eigenvalue weighted by Gasteiger charge is -2.07. The van der Waals surface area contributed by atoms with Crippen LogP contribution in [0.5, 0.6) is 0 Å². The van der Waals surface area contributed by atoms with Crippen molar-refractivity contribution in [3.8, 4) is 0 Å². The van der Waals surface area contributed by atoms with Crippen LogP contribution in [-0.2, 0) is 0 Å². The fourth-order valence-electron chi connectivity index (χ4n) is 0.972. The zero-order valence-electron chi connectivity index (χ0n) is 9.13. The topological polar surface area (TPSA) is 56.7 Å². The number of rotatable bonds is 1. The first-order valence-electron chi connectivity index (χ1n) is 4.56. The Bertz CT molecular complexity index is 308. The number of quaternary nitrogens is 1. The Morgan fingerprint density at radius 2 is 1.79 bits per heavy atom. The van der Waals surface area contributed by atoms with E-state index in [-0.39, 0.29) is 5.56 Å². The lowest BCUT2D eigenvalue weighted by molar-refractivity contribution is -0.597. The van der Waals surface area contributed by atoms with E-state index in [0.29, 0.717) is 0 Å². The minimum Gasteiger partial charge on any atom is -0.545 e. The molecule has 3 nitrogen and oxygen atoms in total. The number of carbonyl (C=O) groups excluding carboxylic acids is 1. The van der Waals surface area contributed by atoms with E-state index in [9.17, 15) is 9.90 Å². The Morgan fingerprint density at radius 1 is 1.29 bits per heavy atom. The fourth-order valence-corrected chi connectivity index (χ4v) is 0.972. The van der Waals surface area contributed by atoms with Gasteiger partial charge in [-0.15, -0.1) is 0 Å². The summed E-state index contributed by atoms with van der Waals surface area (Å²) in [7, 11) is 4.00. The number of carboxylic acid groups (broad SMARTS) is 1. The third kappa shape index (κ3) is 3.58. The van der Waals surface area contributed by atoms with Gasteiger partial charge < -0.3 is 15.2 Å². The summed E-state index contributed by atoms with van der Waals surface area (Å²) < 4.78 is 0. The molecule has 0 aromatic heterocycles. The van der Waals surface area contributed by atoms with E-state index >= 15 is 0 Å². The molecule has 1 aromatic rings. The first kappa shape index (κ1) is 12.7. The van der Waals surface area contributed by atoms with Crippen molar-refractivity contribution in [2.75, 3.05) is 14.1 Å². The number of carbonyl (C=O) groups is 1. The first-order chi connectivity index (χ1) is 6.54. The average Bonchev–Trinajstić information content (AvgIpc) is 2.10. The molecule has 0 saturated heterocycles. The van der Waals surface area contributed by atoms with Crippen LogP contribution in [0, 0.1) is 13.8 Å². The second-order valence-electron chi connectivity index (χ2n) is 3.11. The van der Waals surface area contributed by atoms with E-state index in [1.807, 2.05) is 32.4 Å². The van der Waals surface area contributed by atoms with E-state index in [1.165, 1.54) is 0 Å². The van der Waals surface area contributed by atoms with Crippen molar-refractivity contribution in [2.45, 2.75) is 13.8 Å². The molecule has 0 fully saturated rings. The second kappa shape index (κ2) is 6.16. The predicted octanol–water partition coefficient (Wildman–Crippen LogP) is -0.524. The van der Waals surface area contributed by atoms with E-state index in [4.69, 9.17) is 0 Å². The molecule has 1 aromatic carbocycles. The van der Waals surface area contributed by atoms with Crippen molar-refractivity contribution in [3.05, 3.63) is 34.9 Å². The monoisotopic (exact) mass is 195 g/mol. The molecule has 1 rings (SSSR count). The largest absolute Gasteiger partial charge is 0.545 e. The molecule has 0 radical (unpaired) electrons. The lowest BCUT2D eigenvalue weighted by Crippen LogP contribution is -2.74. The first-order valence-corrected chi connectivity index (χ1v) is 4.56. The molecule has 2 N–H and O–H groups in total. The number of benzene rings is 1. The van der Waals surface area contributed by atoms with Gasteiger partial charge in [-0.2, -0.15) is 0 Å². The minimum atomic E-state index is -1.11. The van der Waals surface area contributed by atoms with Gasteiger partial charge in [0.25, 0.3) is 0 Å². The third-order valence-corrected chi connectivity index (χ3v) is 1.82. The molecule has 14 heavy (non-hydrogen) atoms. The third-order valence-electron chi connectivity index (χ3n) is 1.82. The normalized spacial score (nSPS) is 8.86. The van der Waals surface area contributed by atoms with Crippen molar-refractivity contribution < 1.29 is 15.2 Å². The van der Waals surface area contributed by atoms with Gasteiger partial charge in [0.15, 0.2) is 0 Å². The predicted molar refractivity (Wildman–Crippen MR) is 54.0 cm³/mol. The van der Waals surface area contributed by atoms with E-state index in [0.717, 1.165) is 11.1 Å². The Kier molecular flexibility index (Phi) is 5.56. The van der Waals surface area contributed by atoms with Gasteiger partial charge in [-0.05, 0) is 25.0 Å². The summed E-state index contributed by atoms with van der Waals surface area (Å²) in [5.74, 6) is -1.11. The van der Waals surface area contributed by atoms with Crippen LogP contribution >= 0.6 is 0 Å². The number of aromatic carboxylic acids is 1. The Balaban J connectivity index is 0.000000500. The van der Waals surface area contributed by atoms with Crippen LogP contribution in [0.15, 0.2) is 18.2 Å². The number of carboxylic acids is 1. The lowest BCUT2D eigenvalue weighted by atomic mass is 10.0. The zero-order chi connectivity index (χ0) is 11.1. The summed E-state index contributed by atoms with van der Waals surface area (Å²) in [5, 5.41) is 12.5. The van der Waals surface area contributed by atoms with Crippen LogP contribution in [0.2, 0.25) is 0 Å². The van der Waals surface area contributed by atoms with Crippen LogP contribution in [0.25, 0.3) is 0 Å². The maximum absolute atomic E-state index is 10.5. The average molecular weight is 195 g/mol. The van der Waals surface area contributed by atoms with Crippen LogP contribution in [0.4, 0.5) is 0 Å². The standard InChI is InChI=1S/C9H10O2.C2H7N/c1-6-4-3-5-8(7(6)2)9(10)11;1-3-2/h3-5H,1-2H3,(H,10,11);3H,1-2H3. The molecule has 0 amide bonds. The maximum atomic E-state index is 10.5. The molecule has 0 spiro atoms. The van der Waals surface area contributed by atoms with Gasteiger partial charge in [-0.25, -0.2) is 0 Å². The van der Waals surface area contributed by atoms with Gasteiger partial charge in [-0.3, -0.25) is 0 Å². The second-order valence-corrected chi connectivity index (χ2v) is 3.11. The molecule has 3 heteroatoms. The maximum Gasteiger partial charge on any atom is 0.0718 e. The van der Waals surface area contributed by atoms with E-state index in [1.54, 1.807) is 19.1 Å². The Morgan fingerprint density at radius 3 is 2.14 bits per heavy atom. The summed E-state index contributed by atoms with van der Waals surface area (Å²) in [6.07, 6.45) is 0. The molecule has 0 saturated carbocycles. The van der Waals surface area contributed by atoms with E-state index < -0.39 is 5.97 Å². The van der Waals surface area contributed by atoms with Gasteiger partial charge >= 0.3 is 0 Å². The van der Waals surface area contributed by atoms with Crippen LogP contribution in [-0.4, -0.2) is 20.1 Å². The molecule has 0 aliphatic heterocycles. The quantitative estimate of drug-likeness (QED) is 0.655. The van der Waals surface area contributed by atoms with Gasteiger partial charge in [0.1, 0.15) is 0 Å². The molecule has 0 unspecified atom stereocenters. The molecular weight excluding hydrogens is 178 g/mol. The highest BCUT2D eigenvalue weighted by molar-refractivity contribution is 5.87. The SMILES string of the molecule is C[NH2+]C.Cc1cccc(C(=O)[O-])c1C. The van der Waals surface area contributed by atoms with Crippen LogP contribution < -0.4 is 10.4 Å². The Hall–Kier alpha value is -1.35. The summed E-state index contributed by atoms with van der Waals surface area (Å²) in [5.41, 5.74) is 2.05. The van der Waals surface area contributed by atoms with Crippen molar-refractivity contribution >= 4 is 5.97 Å². The number of aryl methyl sites for hydroxylation is 1. The van der Waals surface area contributed by atoms with E-state index in [2.05, 4.69) is 0 Å². The van der Waals surface area contributed by atoms with Crippen molar-refractivity contribution in [1.82, 2.24) is 0 Å². The highest BCUT2D eigenvalue weighted by Crippen LogP contribution is 2.10. The van der Waals surface area contributed by atoms with Crippen LogP contribution in [0.3, 0.4) is 0 Å². The molecule has 0 bridgehead atoms. The molecule has 0 heterocycles. The smallest absolute Gasteiger partial charge is 0.0718 e. The van der Waals surface area contributed by atoms with Gasteiger partial charge in [0, 0.05) is 5.56 Å². The van der Waals surface area contributed by atoms with Gasteiger partial charge in [-0.1, -0.05) is 18.2 Å². The molecular formula is C11H17NO2.